The molecular weight excluding hydrogens is 176 g/mol. The molecule has 3 unspecified atom stereocenters. The molecule has 0 amide bonds. The first-order valence-corrected chi connectivity index (χ1v) is 5.19. The predicted octanol–water partition coefficient (Wildman–Crippen LogP) is 1.66. The lowest BCUT2D eigenvalue weighted by Gasteiger charge is -2.41. The molecule has 0 saturated heterocycles. The molecule has 1 aromatic rings. The fraction of sp³-hybridized carbons (Fsp3) is 0.636. The number of aromatic nitrogens is 2. The lowest BCUT2D eigenvalue weighted by Crippen LogP contribution is -2.39. The summed E-state index contributed by atoms with van der Waals surface area (Å²) in [7, 11) is 0. The van der Waals surface area contributed by atoms with Crippen molar-refractivity contribution in [3.63, 3.8) is 0 Å². The fourth-order valence-electron chi connectivity index (χ4n) is 2.34. The zero-order valence-electron chi connectivity index (χ0n) is 8.64. The average molecular weight is 192 g/mol. The molecule has 1 N–H and O–H groups in total. The van der Waals surface area contributed by atoms with Crippen LogP contribution in [0.3, 0.4) is 0 Å². The van der Waals surface area contributed by atoms with Gasteiger partial charge in [0, 0.05) is 18.3 Å². The van der Waals surface area contributed by atoms with Gasteiger partial charge in [-0.3, -0.25) is 9.97 Å². The molecule has 1 fully saturated rings. The molecule has 1 aromatic heterocycles. The highest BCUT2D eigenvalue weighted by Gasteiger charge is 2.40. The van der Waals surface area contributed by atoms with Crippen molar-refractivity contribution < 1.29 is 5.11 Å². The van der Waals surface area contributed by atoms with Crippen LogP contribution in [0.1, 0.15) is 37.1 Å². The zero-order chi connectivity index (χ0) is 10.1. The molecule has 76 valence electrons. The molecule has 1 heterocycles. The molecule has 1 aliphatic carbocycles. The summed E-state index contributed by atoms with van der Waals surface area (Å²) >= 11 is 0. The van der Waals surface area contributed by atoms with Gasteiger partial charge in [-0.05, 0) is 19.3 Å². The number of aryl methyl sites for hydroxylation is 1. The molecule has 2 rings (SSSR count). The Hall–Kier alpha value is -0.960. The molecule has 3 heteroatoms. The highest BCUT2D eigenvalue weighted by molar-refractivity contribution is 5.19. The van der Waals surface area contributed by atoms with Gasteiger partial charge in [0.1, 0.15) is 0 Å². The summed E-state index contributed by atoms with van der Waals surface area (Å²) in [4.78, 5) is 8.59. The summed E-state index contributed by atoms with van der Waals surface area (Å²) in [6, 6.07) is 0. The van der Waals surface area contributed by atoms with Crippen molar-refractivity contribution in [2.24, 2.45) is 5.92 Å². The van der Waals surface area contributed by atoms with Crippen LogP contribution in [0.25, 0.3) is 0 Å². The summed E-state index contributed by atoms with van der Waals surface area (Å²) in [6.45, 7) is 4.10. The molecule has 1 saturated carbocycles. The van der Waals surface area contributed by atoms with E-state index < -0.39 is 0 Å². The average Bonchev–Trinajstić information content (AvgIpc) is 2.16. The first-order valence-electron chi connectivity index (χ1n) is 5.19. The first-order chi connectivity index (χ1) is 6.74. The Labute approximate surface area is 84.2 Å². The second-order valence-electron chi connectivity index (χ2n) is 4.01. The van der Waals surface area contributed by atoms with Gasteiger partial charge in [-0.25, -0.2) is 0 Å². The SMILES string of the molecule is CCC1C(O)CC1c1nccnc1C. The van der Waals surface area contributed by atoms with Gasteiger partial charge in [0.05, 0.1) is 17.5 Å². The number of aliphatic hydroxyl groups excluding tert-OH is 1. The van der Waals surface area contributed by atoms with E-state index in [1.54, 1.807) is 12.4 Å². The van der Waals surface area contributed by atoms with Crippen LogP contribution in [0.2, 0.25) is 0 Å². The number of aliphatic hydroxyl groups is 1. The second kappa shape index (κ2) is 3.65. The van der Waals surface area contributed by atoms with Gasteiger partial charge < -0.3 is 5.11 Å². The summed E-state index contributed by atoms with van der Waals surface area (Å²) in [5, 5.41) is 9.58. The molecule has 0 bridgehead atoms. The topological polar surface area (TPSA) is 46.0 Å². The number of rotatable bonds is 2. The van der Waals surface area contributed by atoms with Crippen LogP contribution in [-0.2, 0) is 0 Å². The van der Waals surface area contributed by atoms with Crippen LogP contribution in [0.4, 0.5) is 0 Å². The molecule has 3 atom stereocenters. The van der Waals surface area contributed by atoms with E-state index in [2.05, 4.69) is 16.9 Å². The summed E-state index contributed by atoms with van der Waals surface area (Å²) in [5.74, 6) is 0.800. The lowest BCUT2D eigenvalue weighted by molar-refractivity contribution is -0.00250. The molecule has 0 aliphatic heterocycles. The Balaban J connectivity index is 2.21. The van der Waals surface area contributed by atoms with Crippen molar-refractivity contribution in [2.75, 3.05) is 0 Å². The largest absolute Gasteiger partial charge is 0.393 e. The van der Waals surface area contributed by atoms with Crippen molar-refractivity contribution in [1.82, 2.24) is 9.97 Å². The Morgan fingerprint density at radius 2 is 2.14 bits per heavy atom. The lowest BCUT2D eigenvalue weighted by atomic mass is 9.67. The quantitative estimate of drug-likeness (QED) is 0.775. The highest BCUT2D eigenvalue weighted by Crippen LogP contribution is 2.44. The maximum Gasteiger partial charge on any atom is 0.0651 e. The molecular formula is C11H16N2O. The minimum atomic E-state index is -0.133. The van der Waals surface area contributed by atoms with Gasteiger partial charge in [0.15, 0.2) is 0 Å². The number of hydrogen-bond donors (Lipinski definition) is 1. The molecule has 1 aliphatic rings. The Kier molecular flexibility index (Phi) is 2.50. The maximum atomic E-state index is 9.58. The van der Waals surface area contributed by atoms with E-state index in [0.717, 1.165) is 24.2 Å². The smallest absolute Gasteiger partial charge is 0.0651 e. The standard InChI is InChI=1S/C11H16N2O/c1-3-8-9(6-10(8)14)11-7(2)12-4-5-13-11/h4-5,8-10,14H,3,6H2,1-2H3. The van der Waals surface area contributed by atoms with Crippen LogP contribution in [0.15, 0.2) is 12.4 Å². The predicted molar refractivity (Wildman–Crippen MR) is 53.9 cm³/mol. The first kappa shape index (κ1) is 9.59. The van der Waals surface area contributed by atoms with Gasteiger partial charge in [-0.2, -0.15) is 0 Å². The van der Waals surface area contributed by atoms with E-state index in [4.69, 9.17) is 0 Å². The third kappa shape index (κ3) is 1.42. The van der Waals surface area contributed by atoms with E-state index >= 15 is 0 Å². The van der Waals surface area contributed by atoms with E-state index in [-0.39, 0.29) is 6.10 Å². The summed E-state index contributed by atoms with van der Waals surface area (Å²) in [5.41, 5.74) is 2.08. The van der Waals surface area contributed by atoms with Crippen LogP contribution in [-0.4, -0.2) is 21.2 Å². The van der Waals surface area contributed by atoms with E-state index in [0.29, 0.717) is 11.8 Å². The molecule has 0 radical (unpaired) electrons. The Bertz CT molecular complexity index is 327. The van der Waals surface area contributed by atoms with Crippen molar-refractivity contribution in [1.29, 1.82) is 0 Å². The maximum absolute atomic E-state index is 9.58. The van der Waals surface area contributed by atoms with Gasteiger partial charge in [-0.1, -0.05) is 13.3 Å². The van der Waals surface area contributed by atoms with Crippen LogP contribution >= 0.6 is 0 Å². The van der Waals surface area contributed by atoms with Crippen molar-refractivity contribution in [2.45, 2.75) is 38.7 Å². The van der Waals surface area contributed by atoms with Gasteiger partial charge in [0.2, 0.25) is 0 Å². The normalized spacial score (nSPS) is 31.2. The third-order valence-corrected chi connectivity index (χ3v) is 3.25. The van der Waals surface area contributed by atoms with Gasteiger partial charge in [0.25, 0.3) is 0 Å². The summed E-state index contributed by atoms with van der Waals surface area (Å²) < 4.78 is 0. The third-order valence-electron chi connectivity index (χ3n) is 3.25. The summed E-state index contributed by atoms with van der Waals surface area (Å²) in [6.07, 6.45) is 5.18. The van der Waals surface area contributed by atoms with Crippen molar-refractivity contribution in [3.05, 3.63) is 23.8 Å². The van der Waals surface area contributed by atoms with E-state index in [9.17, 15) is 5.11 Å². The second-order valence-corrected chi connectivity index (χ2v) is 4.01. The van der Waals surface area contributed by atoms with Crippen LogP contribution in [0.5, 0.6) is 0 Å². The Morgan fingerprint density at radius 3 is 2.71 bits per heavy atom. The van der Waals surface area contributed by atoms with Crippen LogP contribution < -0.4 is 0 Å². The van der Waals surface area contributed by atoms with Crippen LogP contribution in [0, 0.1) is 12.8 Å². The Morgan fingerprint density at radius 1 is 1.43 bits per heavy atom. The molecule has 3 nitrogen and oxygen atoms in total. The fourth-order valence-corrected chi connectivity index (χ4v) is 2.34. The van der Waals surface area contributed by atoms with Crippen molar-refractivity contribution in [3.8, 4) is 0 Å². The van der Waals surface area contributed by atoms with E-state index in [1.165, 1.54) is 0 Å². The minimum absolute atomic E-state index is 0.133. The number of hydrogen-bond acceptors (Lipinski definition) is 3. The van der Waals surface area contributed by atoms with Gasteiger partial charge in [-0.15, -0.1) is 0 Å². The van der Waals surface area contributed by atoms with E-state index in [1.807, 2.05) is 6.92 Å². The highest BCUT2D eigenvalue weighted by atomic mass is 16.3. The molecule has 0 spiro atoms. The molecule has 14 heavy (non-hydrogen) atoms. The van der Waals surface area contributed by atoms with Crippen molar-refractivity contribution >= 4 is 0 Å². The molecule has 0 aromatic carbocycles. The zero-order valence-corrected chi connectivity index (χ0v) is 8.64. The number of nitrogens with zero attached hydrogens (tertiary/aromatic N) is 2. The van der Waals surface area contributed by atoms with Gasteiger partial charge >= 0.3 is 0 Å². The monoisotopic (exact) mass is 192 g/mol. The minimum Gasteiger partial charge on any atom is -0.393 e.